The van der Waals surface area contributed by atoms with E-state index in [-0.39, 0.29) is 5.92 Å². The molecule has 3 rings (SSSR count). The number of carbonyl (C=O) groups is 1. The highest BCUT2D eigenvalue weighted by atomic mass is 16.5. The van der Waals surface area contributed by atoms with Crippen LogP contribution in [-0.2, 0) is 4.79 Å². The molecule has 2 aromatic heterocycles. The molecule has 0 fully saturated rings. The second-order valence-electron chi connectivity index (χ2n) is 4.69. The van der Waals surface area contributed by atoms with Crippen molar-refractivity contribution < 1.29 is 14.4 Å². The lowest BCUT2D eigenvalue weighted by Crippen LogP contribution is -2.23. The quantitative estimate of drug-likeness (QED) is 0.861. The number of pyridine rings is 1. The average molecular weight is 271 g/mol. The van der Waals surface area contributed by atoms with Crippen molar-refractivity contribution in [3.63, 3.8) is 0 Å². The lowest BCUT2D eigenvalue weighted by Gasteiger charge is -2.21. The smallest absolute Gasteiger partial charge is 0.307 e. The molecule has 0 aliphatic heterocycles. The first kappa shape index (κ1) is 12.5. The van der Waals surface area contributed by atoms with Crippen molar-refractivity contribution in [2.24, 2.45) is 5.92 Å². The number of aromatic nitrogens is 3. The van der Waals surface area contributed by atoms with Crippen molar-refractivity contribution in [1.29, 1.82) is 0 Å². The Balaban J connectivity index is 1.90. The van der Waals surface area contributed by atoms with Crippen LogP contribution in [0, 0.1) is 5.92 Å². The van der Waals surface area contributed by atoms with E-state index in [1.807, 2.05) is 18.2 Å². The zero-order valence-electron chi connectivity index (χ0n) is 10.6. The van der Waals surface area contributed by atoms with Gasteiger partial charge in [-0.15, -0.1) is 0 Å². The Morgan fingerprint density at radius 3 is 2.95 bits per heavy atom. The molecule has 0 amide bonds. The van der Waals surface area contributed by atoms with Gasteiger partial charge in [0.25, 0.3) is 0 Å². The molecule has 0 aromatic carbocycles. The summed E-state index contributed by atoms with van der Waals surface area (Å²) in [6.07, 6.45) is 8.24. The van der Waals surface area contributed by atoms with Gasteiger partial charge in [-0.05, 0) is 25.0 Å². The zero-order chi connectivity index (χ0) is 13.9. The van der Waals surface area contributed by atoms with Crippen LogP contribution >= 0.6 is 0 Å². The van der Waals surface area contributed by atoms with Crippen LogP contribution in [0.5, 0.6) is 0 Å². The molecule has 6 heteroatoms. The van der Waals surface area contributed by atoms with Gasteiger partial charge in [-0.2, -0.15) is 4.98 Å². The third kappa shape index (κ3) is 2.32. The molecule has 1 aliphatic carbocycles. The van der Waals surface area contributed by atoms with E-state index in [0.717, 1.165) is 5.56 Å². The predicted octanol–water partition coefficient (Wildman–Crippen LogP) is 2.27. The van der Waals surface area contributed by atoms with Crippen molar-refractivity contribution in [2.45, 2.75) is 18.8 Å². The Morgan fingerprint density at radius 1 is 1.35 bits per heavy atom. The highest BCUT2D eigenvalue weighted by Gasteiger charge is 2.33. The summed E-state index contributed by atoms with van der Waals surface area (Å²) in [5.74, 6) is -0.800. The fourth-order valence-corrected chi connectivity index (χ4v) is 2.36. The van der Waals surface area contributed by atoms with Gasteiger partial charge in [-0.25, -0.2) is 0 Å². The number of aliphatic carboxylic acids is 1. The van der Waals surface area contributed by atoms with E-state index in [2.05, 4.69) is 15.1 Å². The van der Waals surface area contributed by atoms with Gasteiger partial charge in [0, 0.05) is 18.0 Å². The molecule has 2 atom stereocenters. The molecule has 0 saturated carbocycles. The fraction of sp³-hybridized carbons (Fsp3) is 0.286. The normalized spacial score (nSPS) is 21.8. The summed E-state index contributed by atoms with van der Waals surface area (Å²) in [6, 6.07) is 3.62. The molecular formula is C14H13N3O3. The number of hydrogen-bond donors (Lipinski definition) is 1. The van der Waals surface area contributed by atoms with Crippen molar-refractivity contribution in [1.82, 2.24) is 15.1 Å². The molecule has 20 heavy (non-hydrogen) atoms. The number of carboxylic acid groups (broad SMARTS) is 1. The summed E-state index contributed by atoms with van der Waals surface area (Å²) in [4.78, 5) is 19.6. The van der Waals surface area contributed by atoms with E-state index in [0.29, 0.717) is 24.6 Å². The average Bonchev–Trinajstić information content (AvgIpc) is 2.98. The molecule has 2 unspecified atom stereocenters. The Hall–Kier alpha value is -2.50. The summed E-state index contributed by atoms with van der Waals surface area (Å²) in [5.41, 5.74) is 0.751. The molecule has 6 nitrogen and oxygen atoms in total. The zero-order valence-corrected chi connectivity index (χ0v) is 10.6. The summed E-state index contributed by atoms with van der Waals surface area (Å²) in [6.45, 7) is 0. The first-order valence-electron chi connectivity index (χ1n) is 6.37. The van der Waals surface area contributed by atoms with Crippen LogP contribution in [0.1, 0.15) is 24.7 Å². The third-order valence-electron chi connectivity index (χ3n) is 3.43. The second kappa shape index (κ2) is 5.24. The lowest BCUT2D eigenvalue weighted by molar-refractivity contribution is -0.142. The van der Waals surface area contributed by atoms with Gasteiger partial charge < -0.3 is 9.63 Å². The maximum atomic E-state index is 11.3. The van der Waals surface area contributed by atoms with Gasteiger partial charge in [-0.1, -0.05) is 17.3 Å². The molecule has 2 aromatic rings. The van der Waals surface area contributed by atoms with E-state index in [9.17, 15) is 9.90 Å². The van der Waals surface area contributed by atoms with E-state index in [4.69, 9.17) is 4.52 Å². The van der Waals surface area contributed by atoms with Gasteiger partial charge in [0.2, 0.25) is 11.7 Å². The van der Waals surface area contributed by atoms with Gasteiger partial charge in [-0.3, -0.25) is 9.78 Å². The van der Waals surface area contributed by atoms with Crippen molar-refractivity contribution in [2.75, 3.05) is 0 Å². The molecule has 102 valence electrons. The summed E-state index contributed by atoms with van der Waals surface area (Å²) < 4.78 is 5.25. The van der Waals surface area contributed by atoms with Gasteiger partial charge in [0.1, 0.15) is 0 Å². The van der Waals surface area contributed by atoms with E-state index in [1.165, 1.54) is 0 Å². The largest absolute Gasteiger partial charge is 0.481 e. The summed E-state index contributed by atoms with van der Waals surface area (Å²) >= 11 is 0. The monoisotopic (exact) mass is 271 g/mol. The van der Waals surface area contributed by atoms with E-state index >= 15 is 0 Å². The number of allylic oxidation sites excluding steroid dienone is 2. The highest BCUT2D eigenvalue weighted by Crippen LogP contribution is 2.34. The number of nitrogens with zero attached hydrogens (tertiary/aromatic N) is 3. The first-order chi connectivity index (χ1) is 9.75. The van der Waals surface area contributed by atoms with Crippen LogP contribution in [0.3, 0.4) is 0 Å². The van der Waals surface area contributed by atoms with Crippen LogP contribution in [0.4, 0.5) is 0 Å². The maximum Gasteiger partial charge on any atom is 0.307 e. The minimum Gasteiger partial charge on any atom is -0.481 e. The summed E-state index contributed by atoms with van der Waals surface area (Å²) in [5, 5.41) is 13.2. The molecule has 0 saturated heterocycles. The molecule has 0 bridgehead atoms. The predicted molar refractivity (Wildman–Crippen MR) is 69.8 cm³/mol. The van der Waals surface area contributed by atoms with Crippen LogP contribution < -0.4 is 0 Å². The minimum absolute atomic E-state index is 0.268. The molecule has 0 radical (unpaired) electrons. The molecule has 0 spiro atoms. The van der Waals surface area contributed by atoms with E-state index in [1.54, 1.807) is 18.5 Å². The number of rotatable bonds is 3. The van der Waals surface area contributed by atoms with Crippen molar-refractivity contribution in [3.05, 3.63) is 42.6 Å². The molecule has 1 N–H and O–H groups in total. The van der Waals surface area contributed by atoms with Crippen LogP contribution in [0.15, 0.2) is 41.2 Å². The van der Waals surface area contributed by atoms with Gasteiger partial charge >= 0.3 is 5.97 Å². The fourth-order valence-electron chi connectivity index (χ4n) is 2.36. The van der Waals surface area contributed by atoms with Crippen molar-refractivity contribution >= 4 is 5.97 Å². The van der Waals surface area contributed by atoms with E-state index < -0.39 is 11.9 Å². The third-order valence-corrected chi connectivity index (χ3v) is 3.43. The Bertz CT molecular complexity index is 636. The SMILES string of the molecule is O=C(O)C1CC=CCC1c1nc(-c2cccnc2)no1. The Labute approximate surface area is 115 Å². The Kier molecular flexibility index (Phi) is 3.28. The first-order valence-corrected chi connectivity index (χ1v) is 6.37. The van der Waals surface area contributed by atoms with Crippen LogP contribution in [0.25, 0.3) is 11.4 Å². The molecular weight excluding hydrogens is 258 g/mol. The standard InChI is InChI=1S/C14H13N3O3/c18-14(19)11-6-2-1-5-10(11)13-16-12(17-20-13)9-4-3-7-15-8-9/h1-4,7-8,10-11H,5-6H2,(H,18,19). The highest BCUT2D eigenvalue weighted by molar-refractivity contribution is 5.71. The molecule has 2 heterocycles. The maximum absolute atomic E-state index is 11.3. The van der Waals surface area contributed by atoms with Crippen LogP contribution in [-0.4, -0.2) is 26.2 Å². The molecule has 1 aliphatic rings. The number of hydrogen-bond acceptors (Lipinski definition) is 5. The minimum atomic E-state index is -0.833. The Morgan fingerprint density at radius 2 is 2.20 bits per heavy atom. The van der Waals surface area contributed by atoms with Gasteiger partial charge in [0.05, 0.1) is 11.8 Å². The van der Waals surface area contributed by atoms with Gasteiger partial charge in [0.15, 0.2) is 0 Å². The topological polar surface area (TPSA) is 89.1 Å². The lowest BCUT2D eigenvalue weighted by atomic mass is 9.83. The van der Waals surface area contributed by atoms with Crippen LogP contribution in [0.2, 0.25) is 0 Å². The summed E-state index contributed by atoms with van der Waals surface area (Å²) in [7, 11) is 0. The van der Waals surface area contributed by atoms with Crippen molar-refractivity contribution in [3.8, 4) is 11.4 Å². The number of carboxylic acids is 1. The second-order valence-corrected chi connectivity index (χ2v) is 4.69.